The fourth-order valence-corrected chi connectivity index (χ4v) is 2.71. The standard InChI is InChI=1S/C20H22N2O3/c1-13-5-3-4-6-19(13)25-12-18(23)20(24)21-11-15-7-8-17-16(10-15)9-14(2)22-17/h3-10,18,22-23H,11-12H2,1-2H3,(H,21,24). The molecule has 3 N–H and O–H groups in total. The molecule has 0 fully saturated rings. The molecule has 0 aliphatic carbocycles. The van der Waals surface area contributed by atoms with Crippen LogP contribution < -0.4 is 10.1 Å². The van der Waals surface area contributed by atoms with Gasteiger partial charge in [-0.3, -0.25) is 4.79 Å². The number of carbonyl (C=O) groups excluding carboxylic acids is 1. The Morgan fingerprint density at radius 2 is 2.00 bits per heavy atom. The summed E-state index contributed by atoms with van der Waals surface area (Å²) in [4.78, 5) is 15.3. The van der Waals surface area contributed by atoms with Crippen LogP contribution in [0.5, 0.6) is 5.75 Å². The molecule has 0 aliphatic rings. The molecular formula is C20H22N2O3. The molecule has 3 rings (SSSR count). The first kappa shape index (κ1) is 17.0. The predicted molar refractivity (Wildman–Crippen MR) is 97.6 cm³/mol. The van der Waals surface area contributed by atoms with Crippen LogP contribution in [0.1, 0.15) is 16.8 Å². The number of carbonyl (C=O) groups is 1. The Bertz CT molecular complexity index is 886. The predicted octanol–water partition coefficient (Wildman–Crippen LogP) is 2.84. The number of H-pyrrole nitrogens is 1. The van der Waals surface area contributed by atoms with Gasteiger partial charge in [0.2, 0.25) is 0 Å². The van der Waals surface area contributed by atoms with Crippen molar-refractivity contribution >= 4 is 16.8 Å². The molecule has 0 saturated carbocycles. The van der Waals surface area contributed by atoms with Gasteiger partial charge in [0.25, 0.3) is 5.91 Å². The number of aryl methyl sites for hydroxylation is 2. The van der Waals surface area contributed by atoms with Gasteiger partial charge < -0.3 is 20.1 Å². The Kier molecular flexibility index (Phi) is 5.05. The Morgan fingerprint density at radius 3 is 2.80 bits per heavy atom. The summed E-state index contributed by atoms with van der Waals surface area (Å²) in [5.41, 5.74) is 4.11. The van der Waals surface area contributed by atoms with E-state index in [1.54, 1.807) is 0 Å². The van der Waals surface area contributed by atoms with Crippen LogP contribution in [0.4, 0.5) is 0 Å². The first-order valence-electron chi connectivity index (χ1n) is 8.25. The van der Waals surface area contributed by atoms with Crippen molar-refractivity contribution in [2.24, 2.45) is 0 Å². The van der Waals surface area contributed by atoms with Crippen molar-refractivity contribution in [3.8, 4) is 5.75 Å². The molecule has 5 heteroatoms. The smallest absolute Gasteiger partial charge is 0.252 e. The summed E-state index contributed by atoms with van der Waals surface area (Å²) in [6, 6.07) is 15.5. The SMILES string of the molecule is Cc1cc2cc(CNC(=O)C(O)COc3ccccc3C)ccc2[nH]1. The quantitative estimate of drug-likeness (QED) is 0.647. The molecule has 1 unspecified atom stereocenters. The molecule has 0 radical (unpaired) electrons. The van der Waals surface area contributed by atoms with Crippen LogP contribution >= 0.6 is 0 Å². The second-order valence-corrected chi connectivity index (χ2v) is 6.18. The van der Waals surface area contributed by atoms with Gasteiger partial charge in [0.15, 0.2) is 6.10 Å². The highest BCUT2D eigenvalue weighted by atomic mass is 16.5. The minimum Gasteiger partial charge on any atom is -0.490 e. The average Bonchev–Trinajstić information content (AvgIpc) is 2.97. The summed E-state index contributed by atoms with van der Waals surface area (Å²) >= 11 is 0. The summed E-state index contributed by atoms with van der Waals surface area (Å²) in [5.74, 6) is 0.224. The van der Waals surface area contributed by atoms with Gasteiger partial charge in [0.1, 0.15) is 12.4 Å². The summed E-state index contributed by atoms with van der Waals surface area (Å²) in [7, 11) is 0. The van der Waals surface area contributed by atoms with E-state index < -0.39 is 12.0 Å². The highest BCUT2D eigenvalue weighted by molar-refractivity contribution is 5.82. The van der Waals surface area contributed by atoms with Crippen molar-refractivity contribution < 1.29 is 14.6 Å². The third-order valence-electron chi connectivity index (χ3n) is 4.08. The molecule has 1 atom stereocenters. The Labute approximate surface area is 146 Å². The molecule has 0 bridgehead atoms. The number of nitrogens with one attached hydrogen (secondary N) is 2. The summed E-state index contributed by atoms with van der Waals surface area (Å²) in [6.45, 7) is 4.21. The maximum Gasteiger partial charge on any atom is 0.252 e. The third-order valence-corrected chi connectivity index (χ3v) is 4.08. The number of aromatic nitrogens is 1. The minimum atomic E-state index is -1.21. The molecule has 25 heavy (non-hydrogen) atoms. The van der Waals surface area contributed by atoms with Crippen molar-refractivity contribution in [2.45, 2.75) is 26.5 Å². The van der Waals surface area contributed by atoms with Gasteiger partial charge in [0.05, 0.1) is 0 Å². The molecule has 1 heterocycles. The average molecular weight is 338 g/mol. The fourth-order valence-electron chi connectivity index (χ4n) is 2.71. The van der Waals surface area contributed by atoms with Crippen LogP contribution in [0, 0.1) is 13.8 Å². The lowest BCUT2D eigenvalue weighted by molar-refractivity contribution is -0.130. The summed E-state index contributed by atoms with van der Waals surface area (Å²) in [5, 5.41) is 13.8. The molecule has 5 nitrogen and oxygen atoms in total. The van der Waals surface area contributed by atoms with E-state index in [1.807, 2.05) is 56.3 Å². The molecule has 3 aromatic rings. The molecule has 0 spiro atoms. The van der Waals surface area contributed by atoms with Crippen LogP contribution in [-0.2, 0) is 11.3 Å². The molecule has 1 amide bonds. The van der Waals surface area contributed by atoms with E-state index in [1.165, 1.54) is 0 Å². The van der Waals surface area contributed by atoms with E-state index in [2.05, 4.69) is 16.4 Å². The van der Waals surface area contributed by atoms with Gasteiger partial charge in [-0.15, -0.1) is 0 Å². The first-order valence-corrected chi connectivity index (χ1v) is 8.25. The van der Waals surface area contributed by atoms with E-state index in [9.17, 15) is 9.90 Å². The number of aromatic amines is 1. The number of aliphatic hydroxyl groups excluding tert-OH is 1. The fraction of sp³-hybridized carbons (Fsp3) is 0.250. The highest BCUT2D eigenvalue weighted by Crippen LogP contribution is 2.17. The van der Waals surface area contributed by atoms with Crippen LogP contribution in [-0.4, -0.2) is 28.7 Å². The largest absolute Gasteiger partial charge is 0.490 e. The van der Waals surface area contributed by atoms with Crippen molar-refractivity contribution in [1.29, 1.82) is 0 Å². The monoisotopic (exact) mass is 338 g/mol. The maximum atomic E-state index is 12.0. The van der Waals surface area contributed by atoms with Gasteiger partial charge in [-0.2, -0.15) is 0 Å². The zero-order chi connectivity index (χ0) is 17.8. The summed E-state index contributed by atoms with van der Waals surface area (Å²) < 4.78 is 5.52. The molecule has 0 aliphatic heterocycles. The molecular weight excluding hydrogens is 316 g/mol. The van der Waals surface area contributed by atoms with Crippen LogP contribution in [0.2, 0.25) is 0 Å². The van der Waals surface area contributed by atoms with Gasteiger partial charge in [-0.05, 0) is 54.6 Å². The van der Waals surface area contributed by atoms with E-state index in [0.29, 0.717) is 12.3 Å². The lowest BCUT2D eigenvalue weighted by Crippen LogP contribution is -2.37. The second kappa shape index (κ2) is 7.40. The van der Waals surface area contributed by atoms with Crippen molar-refractivity contribution in [3.63, 3.8) is 0 Å². The topological polar surface area (TPSA) is 74.3 Å². The van der Waals surface area contributed by atoms with Crippen LogP contribution in [0.3, 0.4) is 0 Å². The number of amides is 1. The molecule has 130 valence electrons. The first-order chi connectivity index (χ1) is 12.0. The number of benzene rings is 2. The number of aliphatic hydroxyl groups is 1. The van der Waals surface area contributed by atoms with E-state index in [0.717, 1.165) is 27.7 Å². The normalized spacial score (nSPS) is 12.1. The number of fused-ring (bicyclic) bond motifs is 1. The van der Waals surface area contributed by atoms with Gasteiger partial charge in [0, 0.05) is 17.8 Å². The van der Waals surface area contributed by atoms with Gasteiger partial charge >= 0.3 is 0 Å². The Hall–Kier alpha value is -2.79. The highest BCUT2D eigenvalue weighted by Gasteiger charge is 2.16. The Morgan fingerprint density at radius 1 is 1.20 bits per heavy atom. The molecule has 1 aromatic heterocycles. The van der Waals surface area contributed by atoms with Gasteiger partial charge in [-0.1, -0.05) is 24.3 Å². The zero-order valence-corrected chi connectivity index (χ0v) is 14.4. The maximum absolute atomic E-state index is 12.0. The number of ether oxygens (including phenoxy) is 1. The number of hydrogen-bond donors (Lipinski definition) is 3. The summed E-state index contributed by atoms with van der Waals surface area (Å²) in [6.07, 6.45) is -1.21. The number of hydrogen-bond acceptors (Lipinski definition) is 3. The third kappa shape index (κ3) is 4.19. The number of rotatable bonds is 6. The zero-order valence-electron chi connectivity index (χ0n) is 14.4. The van der Waals surface area contributed by atoms with E-state index in [4.69, 9.17) is 4.74 Å². The molecule has 0 saturated heterocycles. The minimum absolute atomic E-state index is 0.0767. The number of para-hydroxylation sites is 1. The second-order valence-electron chi connectivity index (χ2n) is 6.18. The van der Waals surface area contributed by atoms with Crippen LogP contribution in [0.15, 0.2) is 48.5 Å². The van der Waals surface area contributed by atoms with Gasteiger partial charge in [-0.25, -0.2) is 0 Å². The van der Waals surface area contributed by atoms with Crippen molar-refractivity contribution in [2.75, 3.05) is 6.61 Å². The van der Waals surface area contributed by atoms with Crippen molar-refractivity contribution in [1.82, 2.24) is 10.3 Å². The Balaban J connectivity index is 1.53. The van der Waals surface area contributed by atoms with Crippen LogP contribution in [0.25, 0.3) is 10.9 Å². The van der Waals surface area contributed by atoms with Crippen molar-refractivity contribution in [3.05, 3.63) is 65.4 Å². The molecule has 2 aromatic carbocycles. The van der Waals surface area contributed by atoms with E-state index >= 15 is 0 Å². The van der Waals surface area contributed by atoms with E-state index in [-0.39, 0.29) is 6.61 Å². The lowest BCUT2D eigenvalue weighted by atomic mass is 10.1. The lowest BCUT2D eigenvalue weighted by Gasteiger charge is -2.14.